The Morgan fingerprint density at radius 3 is 2.28 bits per heavy atom. The number of carbonyl (C=O) groups is 2. The molecule has 2 fully saturated rings. The summed E-state index contributed by atoms with van der Waals surface area (Å²) in [5.74, 6) is -0.329. The van der Waals surface area contributed by atoms with E-state index in [1.807, 2.05) is 13.8 Å². The fraction of sp³-hybridized carbons (Fsp3) is 0.652. The van der Waals surface area contributed by atoms with Crippen molar-refractivity contribution < 1.29 is 22.7 Å². The summed E-state index contributed by atoms with van der Waals surface area (Å²) >= 11 is 0. The van der Waals surface area contributed by atoms with Crippen LogP contribution in [-0.2, 0) is 19.6 Å². The zero-order valence-electron chi connectivity index (χ0n) is 19.3. The van der Waals surface area contributed by atoms with Crippen molar-refractivity contribution in [1.29, 1.82) is 0 Å². The van der Waals surface area contributed by atoms with Gasteiger partial charge in [0.2, 0.25) is 15.9 Å². The highest BCUT2D eigenvalue weighted by molar-refractivity contribution is 7.90. The summed E-state index contributed by atoms with van der Waals surface area (Å²) in [6.07, 6.45) is 2.50. The molecular weight excluding hydrogens is 430 g/mol. The number of rotatable bonds is 6. The molecule has 1 aliphatic heterocycles. The van der Waals surface area contributed by atoms with Crippen LogP contribution in [0.1, 0.15) is 63.7 Å². The molecule has 9 heteroatoms. The van der Waals surface area contributed by atoms with Gasteiger partial charge < -0.3 is 15.0 Å². The third-order valence-corrected chi connectivity index (χ3v) is 8.04. The molecule has 2 amide bonds. The first-order valence-electron chi connectivity index (χ1n) is 11.4. The second-order valence-electron chi connectivity index (χ2n) is 9.30. The largest absolute Gasteiger partial charge is 0.372 e. The fourth-order valence-corrected chi connectivity index (χ4v) is 5.31. The molecule has 1 aromatic carbocycles. The molecule has 1 heterocycles. The summed E-state index contributed by atoms with van der Waals surface area (Å²) in [6, 6.07) is 6.91. The summed E-state index contributed by atoms with van der Waals surface area (Å²) in [4.78, 5) is 27.5. The summed E-state index contributed by atoms with van der Waals surface area (Å²) < 4.78 is 32.6. The number of benzene rings is 1. The summed E-state index contributed by atoms with van der Waals surface area (Å²) in [5, 5.41) is 2.47. The molecule has 2 atom stereocenters. The Balaban J connectivity index is 1.56. The van der Waals surface area contributed by atoms with E-state index < -0.39 is 15.3 Å². The first-order chi connectivity index (χ1) is 15.0. The average molecular weight is 466 g/mol. The Hall–Kier alpha value is -1.97. The van der Waals surface area contributed by atoms with E-state index in [4.69, 9.17) is 4.74 Å². The number of anilines is 1. The number of carbonyl (C=O) groups excluding carboxylic acids is 2. The zero-order chi connectivity index (χ0) is 23.5. The molecule has 2 aliphatic rings. The van der Waals surface area contributed by atoms with Crippen LogP contribution in [-0.4, -0.2) is 61.7 Å². The van der Waals surface area contributed by atoms with Gasteiger partial charge >= 0.3 is 0 Å². The Morgan fingerprint density at radius 1 is 1.06 bits per heavy atom. The van der Waals surface area contributed by atoms with E-state index in [0.717, 1.165) is 0 Å². The van der Waals surface area contributed by atoms with Crippen LogP contribution in [0.25, 0.3) is 0 Å². The minimum absolute atomic E-state index is 0.00858. The number of morpholine rings is 1. The van der Waals surface area contributed by atoms with Crippen molar-refractivity contribution in [3.63, 3.8) is 0 Å². The Morgan fingerprint density at radius 2 is 1.69 bits per heavy atom. The molecule has 0 bridgehead atoms. The van der Waals surface area contributed by atoms with Crippen LogP contribution in [0, 0.1) is 5.92 Å². The number of ether oxygens (including phenoxy) is 1. The highest BCUT2D eigenvalue weighted by Gasteiger charge is 2.30. The van der Waals surface area contributed by atoms with Crippen molar-refractivity contribution in [1.82, 2.24) is 9.62 Å². The lowest BCUT2D eigenvalue weighted by Gasteiger charge is -2.35. The molecule has 1 aromatic rings. The van der Waals surface area contributed by atoms with Crippen LogP contribution in [0.5, 0.6) is 0 Å². The molecule has 0 spiro atoms. The van der Waals surface area contributed by atoms with Crippen molar-refractivity contribution in [2.24, 2.45) is 5.92 Å². The molecule has 1 aliphatic carbocycles. The van der Waals surface area contributed by atoms with Gasteiger partial charge in [0, 0.05) is 36.3 Å². The summed E-state index contributed by atoms with van der Waals surface area (Å²) in [5.41, 5.74) is 1.13. The van der Waals surface area contributed by atoms with Crippen molar-refractivity contribution >= 4 is 27.5 Å². The van der Waals surface area contributed by atoms with Gasteiger partial charge in [-0.15, -0.1) is 0 Å². The van der Waals surface area contributed by atoms with Crippen LogP contribution in [0.4, 0.5) is 5.69 Å². The van der Waals surface area contributed by atoms with Gasteiger partial charge in [-0.3, -0.25) is 9.59 Å². The zero-order valence-corrected chi connectivity index (χ0v) is 20.2. The normalized spacial score (nSPS) is 26.7. The molecule has 2 unspecified atom stereocenters. The smallest absolute Gasteiger partial charge is 0.254 e. The van der Waals surface area contributed by atoms with E-state index in [1.54, 1.807) is 43.0 Å². The van der Waals surface area contributed by atoms with E-state index in [1.165, 1.54) is 0 Å². The fourth-order valence-electron chi connectivity index (χ4n) is 4.34. The molecule has 178 valence electrons. The minimum atomic E-state index is -3.31. The van der Waals surface area contributed by atoms with Crippen LogP contribution in [0.2, 0.25) is 0 Å². The van der Waals surface area contributed by atoms with Crippen LogP contribution in [0.15, 0.2) is 24.3 Å². The lowest BCUT2D eigenvalue weighted by atomic mass is 9.86. The van der Waals surface area contributed by atoms with Gasteiger partial charge in [-0.25, -0.2) is 13.1 Å². The van der Waals surface area contributed by atoms with Crippen molar-refractivity contribution in [2.75, 3.05) is 18.4 Å². The van der Waals surface area contributed by atoms with E-state index >= 15 is 0 Å². The van der Waals surface area contributed by atoms with Gasteiger partial charge in [-0.05, 0) is 71.6 Å². The third kappa shape index (κ3) is 6.30. The second kappa shape index (κ2) is 10.3. The number of hydrogen-bond acceptors (Lipinski definition) is 5. The van der Waals surface area contributed by atoms with Crippen molar-refractivity contribution in [3.8, 4) is 0 Å². The molecule has 0 aromatic heterocycles. The Labute approximate surface area is 191 Å². The number of nitrogens with zero attached hydrogens (tertiary/aromatic N) is 1. The van der Waals surface area contributed by atoms with Crippen molar-refractivity contribution in [3.05, 3.63) is 29.8 Å². The van der Waals surface area contributed by atoms with Crippen LogP contribution in [0.3, 0.4) is 0 Å². The van der Waals surface area contributed by atoms with Gasteiger partial charge in [0.1, 0.15) is 0 Å². The van der Waals surface area contributed by atoms with Gasteiger partial charge in [-0.1, -0.05) is 6.07 Å². The predicted octanol–water partition coefficient (Wildman–Crippen LogP) is 2.76. The maximum absolute atomic E-state index is 12.9. The highest BCUT2D eigenvalue weighted by Crippen LogP contribution is 2.27. The van der Waals surface area contributed by atoms with Gasteiger partial charge in [0.05, 0.1) is 17.5 Å². The van der Waals surface area contributed by atoms with E-state index in [0.29, 0.717) is 50.0 Å². The standard InChI is InChI=1S/C23H35N3O5S/c1-15(2)32(29,30)25-20-10-8-18(9-11-20)22(27)24-21-7-5-6-19(12-21)23(28)26-13-16(3)31-17(4)14-26/h5-7,12,15-18,20,25H,8-11,13-14H2,1-4H3,(H,24,27). The number of nitrogens with one attached hydrogen (secondary N) is 2. The van der Waals surface area contributed by atoms with E-state index in [-0.39, 0.29) is 36.0 Å². The lowest BCUT2D eigenvalue weighted by Crippen LogP contribution is -2.48. The summed E-state index contributed by atoms with van der Waals surface area (Å²) in [6.45, 7) is 8.30. The minimum Gasteiger partial charge on any atom is -0.372 e. The highest BCUT2D eigenvalue weighted by atomic mass is 32.2. The third-order valence-electron chi connectivity index (χ3n) is 6.13. The molecule has 32 heavy (non-hydrogen) atoms. The van der Waals surface area contributed by atoms with Crippen molar-refractivity contribution in [2.45, 2.75) is 76.9 Å². The second-order valence-corrected chi connectivity index (χ2v) is 11.6. The monoisotopic (exact) mass is 465 g/mol. The predicted molar refractivity (Wildman–Crippen MR) is 124 cm³/mol. The first-order valence-corrected chi connectivity index (χ1v) is 13.0. The van der Waals surface area contributed by atoms with Gasteiger partial charge in [-0.2, -0.15) is 0 Å². The molecule has 2 N–H and O–H groups in total. The number of sulfonamides is 1. The first kappa shape index (κ1) is 24.7. The van der Waals surface area contributed by atoms with Gasteiger partial charge in [0.15, 0.2) is 0 Å². The summed E-state index contributed by atoms with van der Waals surface area (Å²) in [7, 11) is -3.31. The molecule has 1 saturated heterocycles. The molecule has 3 rings (SSSR count). The van der Waals surface area contributed by atoms with Crippen LogP contribution < -0.4 is 10.0 Å². The average Bonchev–Trinajstić information content (AvgIpc) is 2.72. The Kier molecular flexibility index (Phi) is 7.95. The maximum atomic E-state index is 12.9. The van der Waals surface area contributed by atoms with Gasteiger partial charge in [0.25, 0.3) is 5.91 Å². The number of amides is 2. The maximum Gasteiger partial charge on any atom is 0.254 e. The van der Waals surface area contributed by atoms with Crippen LogP contribution >= 0.6 is 0 Å². The SMILES string of the molecule is CC1CN(C(=O)c2cccc(NC(=O)C3CCC(NS(=O)(=O)C(C)C)CC3)c2)CC(C)O1. The van der Waals surface area contributed by atoms with E-state index in [9.17, 15) is 18.0 Å². The topological polar surface area (TPSA) is 105 Å². The van der Waals surface area contributed by atoms with E-state index in [2.05, 4.69) is 10.0 Å². The molecular formula is C23H35N3O5S. The molecule has 0 radical (unpaired) electrons. The molecule has 8 nitrogen and oxygen atoms in total. The lowest BCUT2D eigenvalue weighted by molar-refractivity contribution is -0.120. The number of hydrogen-bond donors (Lipinski definition) is 2. The molecule has 1 saturated carbocycles. The Bertz CT molecular complexity index is 915. The quantitative estimate of drug-likeness (QED) is 0.672.